The topological polar surface area (TPSA) is 68.5 Å². The molecule has 1 amide bonds. The fourth-order valence-electron chi connectivity index (χ4n) is 3.86. The molecule has 1 atom stereocenters. The average molecular weight is 409 g/mol. The number of aryl methyl sites for hydroxylation is 1. The van der Waals surface area contributed by atoms with E-state index in [2.05, 4.69) is 10.1 Å². The standard InChI is InChI=1S/C23H24FN3O3/c1-29-20-10-3-2-6-16(20)11-12-21(28)27-13-5-8-18(15-27)22-25-23(30-26-22)17-7-4-9-19(24)14-17/h2-4,6-7,9-10,14,18H,5,8,11-13,15H2,1H3/t18-/m0/s1. The highest BCUT2D eigenvalue weighted by Gasteiger charge is 2.28. The molecule has 0 bridgehead atoms. The van der Waals surface area contributed by atoms with Crippen LogP contribution in [0.3, 0.4) is 0 Å². The van der Waals surface area contributed by atoms with Gasteiger partial charge in [0, 0.05) is 31.0 Å². The molecule has 0 spiro atoms. The van der Waals surface area contributed by atoms with Crippen molar-refractivity contribution < 1.29 is 18.4 Å². The number of amides is 1. The number of hydrogen-bond donors (Lipinski definition) is 0. The third-order valence-corrected chi connectivity index (χ3v) is 5.45. The Balaban J connectivity index is 1.39. The Kier molecular flexibility index (Phi) is 6.07. The molecule has 0 saturated carbocycles. The Morgan fingerprint density at radius 3 is 2.97 bits per heavy atom. The predicted molar refractivity (Wildman–Crippen MR) is 110 cm³/mol. The lowest BCUT2D eigenvalue weighted by atomic mass is 9.96. The molecule has 2 aromatic carbocycles. The number of hydrogen-bond acceptors (Lipinski definition) is 5. The lowest BCUT2D eigenvalue weighted by molar-refractivity contribution is -0.132. The molecule has 1 aromatic heterocycles. The van der Waals surface area contributed by atoms with Crippen molar-refractivity contribution >= 4 is 5.91 Å². The van der Waals surface area contributed by atoms with Crippen molar-refractivity contribution in [1.82, 2.24) is 15.0 Å². The first kappa shape index (κ1) is 20.1. The number of carbonyl (C=O) groups excluding carboxylic acids is 1. The summed E-state index contributed by atoms with van der Waals surface area (Å²) >= 11 is 0. The number of rotatable bonds is 6. The summed E-state index contributed by atoms with van der Waals surface area (Å²) in [5.74, 6) is 1.44. The molecule has 0 N–H and O–H groups in total. The fraction of sp³-hybridized carbons (Fsp3) is 0.348. The number of carbonyl (C=O) groups is 1. The lowest BCUT2D eigenvalue weighted by Gasteiger charge is -2.31. The van der Waals surface area contributed by atoms with Crippen LogP contribution in [0.4, 0.5) is 4.39 Å². The molecule has 156 valence electrons. The largest absolute Gasteiger partial charge is 0.496 e. The molecule has 0 radical (unpaired) electrons. The van der Waals surface area contributed by atoms with Gasteiger partial charge < -0.3 is 14.2 Å². The van der Waals surface area contributed by atoms with Gasteiger partial charge in [-0.2, -0.15) is 4.98 Å². The molecular formula is C23H24FN3O3. The first-order valence-electron chi connectivity index (χ1n) is 10.1. The smallest absolute Gasteiger partial charge is 0.258 e. The van der Waals surface area contributed by atoms with Crippen molar-refractivity contribution in [2.45, 2.75) is 31.6 Å². The van der Waals surface area contributed by atoms with E-state index >= 15 is 0 Å². The summed E-state index contributed by atoms with van der Waals surface area (Å²) in [7, 11) is 1.64. The normalized spacial score (nSPS) is 16.5. The van der Waals surface area contributed by atoms with E-state index in [0.29, 0.717) is 36.7 Å². The summed E-state index contributed by atoms with van der Waals surface area (Å²) in [6, 6.07) is 13.8. The summed E-state index contributed by atoms with van der Waals surface area (Å²) < 4.78 is 24.2. The van der Waals surface area contributed by atoms with Gasteiger partial charge in [0.15, 0.2) is 5.82 Å². The van der Waals surface area contributed by atoms with E-state index in [1.54, 1.807) is 19.2 Å². The van der Waals surface area contributed by atoms with Gasteiger partial charge in [0.25, 0.3) is 5.89 Å². The van der Waals surface area contributed by atoms with Crippen molar-refractivity contribution in [2.24, 2.45) is 0 Å². The highest BCUT2D eigenvalue weighted by atomic mass is 19.1. The molecule has 2 heterocycles. The minimum Gasteiger partial charge on any atom is -0.496 e. The molecular weight excluding hydrogens is 385 g/mol. The summed E-state index contributed by atoms with van der Waals surface area (Å²) in [5.41, 5.74) is 1.58. The molecule has 3 aromatic rings. The van der Waals surface area contributed by atoms with Gasteiger partial charge in [0.2, 0.25) is 5.91 Å². The molecule has 1 fully saturated rings. The van der Waals surface area contributed by atoms with E-state index < -0.39 is 0 Å². The van der Waals surface area contributed by atoms with Crippen molar-refractivity contribution in [2.75, 3.05) is 20.2 Å². The van der Waals surface area contributed by atoms with E-state index in [4.69, 9.17) is 9.26 Å². The lowest BCUT2D eigenvalue weighted by Crippen LogP contribution is -2.39. The van der Waals surface area contributed by atoms with Crippen LogP contribution in [0.2, 0.25) is 0 Å². The predicted octanol–water partition coefficient (Wildman–Crippen LogP) is 4.22. The minimum absolute atomic E-state index is 0.0139. The Morgan fingerprint density at radius 1 is 1.27 bits per heavy atom. The van der Waals surface area contributed by atoms with Gasteiger partial charge in [0.05, 0.1) is 7.11 Å². The number of ether oxygens (including phenoxy) is 1. The van der Waals surface area contributed by atoms with Gasteiger partial charge >= 0.3 is 0 Å². The summed E-state index contributed by atoms with van der Waals surface area (Å²) in [4.78, 5) is 19.1. The van der Waals surface area contributed by atoms with Crippen LogP contribution in [-0.2, 0) is 11.2 Å². The summed E-state index contributed by atoms with van der Waals surface area (Å²) in [6.07, 6.45) is 2.83. The number of methoxy groups -OCH3 is 1. The zero-order valence-corrected chi connectivity index (χ0v) is 16.9. The van der Waals surface area contributed by atoms with Crippen molar-refractivity contribution in [3.63, 3.8) is 0 Å². The van der Waals surface area contributed by atoms with Gasteiger partial charge in [-0.3, -0.25) is 4.79 Å². The third kappa shape index (κ3) is 4.50. The first-order chi connectivity index (χ1) is 14.6. The van der Waals surface area contributed by atoms with Crippen molar-refractivity contribution in [3.05, 3.63) is 65.7 Å². The molecule has 1 aliphatic heterocycles. The van der Waals surface area contributed by atoms with Gasteiger partial charge in [-0.25, -0.2) is 4.39 Å². The number of benzene rings is 2. The van der Waals surface area contributed by atoms with E-state index in [0.717, 1.165) is 30.7 Å². The van der Waals surface area contributed by atoms with Crippen LogP contribution in [0.15, 0.2) is 53.1 Å². The fourth-order valence-corrected chi connectivity index (χ4v) is 3.86. The Bertz CT molecular complexity index is 1020. The quantitative estimate of drug-likeness (QED) is 0.610. The summed E-state index contributed by atoms with van der Waals surface area (Å²) in [5, 5.41) is 4.09. The van der Waals surface area contributed by atoms with E-state index in [-0.39, 0.29) is 17.6 Å². The molecule has 7 heteroatoms. The first-order valence-corrected chi connectivity index (χ1v) is 10.1. The zero-order chi connectivity index (χ0) is 20.9. The molecule has 6 nitrogen and oxygen atoms in total. The monoisotopic (exact) mass is 409 g/mol. The second-order valence-electron chi connectivity index (χ2n) is 7.46. The number of likely N-dealkylation sites (tertiary alicyclic amines) is 1. The van der Waals surface area contributed by atoms with Crippen LogP contribution in [0.25, 0.3) is 11.5 Å². The number of aromatic nitrogens is 2. The third-order valence-electron chi connectivity index (χ3n) is 5.45. The van der Waals surface area contributed by atoms with E-state index in [1.165, 1.54) is 12.1 Å². The molecule has 1 aliphatic rings. The zero-order valence-electron chi connectivity index (χ0n) is 16.9. The van der Waals surface area contributed by atoms with E-state index in [9.17, 15) is 9.18 Å². The molecule has 1 saturated heterocycles. The summed E-state index contributed by atoms with van der Waals surface area (Å²) in [6.45, 7) is 1.29. The number of halogens is 1. The Morgan fingerprint density at radius 2 is 2.13 bits per heavy atom. The number of nitrogens with zero attached hydrogens (tertiary/aromatic N) is 3. The minimum atomic E-state index is -0.350. The Hall–Kier alpha value is -3.22. The molecule has 0 aliphatic carbocycles. The van der Waals surface area contributed by atoms with Crippen LogP contribution in [0.1, 0.15) is 36.6 Å². The maximum atomic E-state index is 13.5. The van der Waals surface area contributed by atoms with Crippen molar-refractivity contribution in [3.8, 4) is 17.2 Å². The SMILES string of the molecule is COc1ccccc1CCC(=O)N1CCC[C@H](c2noc(-c3cccc(F)c3)n2)C1. The highest BCUT2D eigenvalue weighted by molar-refractivity contribution is 5.76. The van der Waals surface area contributed by atoms with Crippen LogP contribution in [-0.4, -0.2) is 41.1 Å². The van der Waals surface area contributed by atoms with Crippen LogP contribution in [0, 0.1) is 5.82 Å². The van der Waals surface area contributed by atoms with Gasteiger partial charge in [-0.1, -0.05) is 29.4 Å². The van der Waals surface area contributed by atoms with E-state index in [1.807, 2.05) is 29.2 Å². The highest BCUT2D eigenvalue weighted by Crippen LogP contribution is 2.28. The van der Waals surface area contributed by atoms with Gasteiger partial charge in [0.1, 0.15) is 11.6 Å². The van der Waals surface area contributed by atoms with Gasteiger partial charge in [-0.05, 0) is 49.1 Å². The maximum Gasteiger partial charge on any atom is 0.258 e. The second-order valence-corrected chi connectivity index (χ2v) is 7.46. The second kappa shape index (κ2) is 9.07. The molecule has 0 unspecified atom stereocenters. The number of para-hydroxylation sites is 1. The van der Waals surface area contributed by atoms with Crippen molar-refractivity contribution in [1.29, 1.82) is 0 Å². The van der Waals surface area contributed by atoms with Crippen LogP contribution >= 0.6 is 0 Å². The Labute approximate surface area is 174 Å². The average Bonchev–Trinajstić information content (AvgIpc) is 3.28. The maximum absolute atomic E-state index is 13.5. The molecule has 30 heavy (non-hydrogen) atoms. The van der Waals surface area contributed by atoms with Crippen LogP contribution < -0.4 is 4.74 Å². The van der Waals surface area contributed by atoms with Gasteiger partial charge in [-0.15, -0.1) is 0 Å². The molecule has 4 rings (SSSR count). The van der Waals surface area contributed by atoms with Crippen LogP contribution in [0.5, 0.6) is 5.75 Å². The number of piperidine rings is 1.